The van der Waals surface area contributed by atoms with Crippen molar-refractivity contribution in [1.82, 2.24) is 15.1 Å². The molecule has 13 heteroatoms. The molecule has 3 N–H and O–H groups in total. The molecule has 27 heavy (non-hydrogen) atoms. The molecule has 2 aromatic heterocycles. The van der Waals surface area contributed by atoms with E-state index in [0.29, 0.717) is 6.07 Å². The van der Waals surface area contributed by atoms with Crippen LogP contribution in [0.25, 0.3) is 22.8 Å². The minimum Gasteiger partial charge on any atom is -0.504 e. The number of aromatic amines is 1. The SMILES string of the molecule is O=c1[nH]ccc(C(F)(F)F)c1-c1nc(-c2cc(O)c(O)c([N+](=O)[O-])c2)no1. The predicted octanol–water partition coefficient (Wildman–Crippen LogP) is 2.43. The Hall–Kier alpha value is -3.90. The van der Waals surface area contributed by atoms with E-state index in [4.69, 9.17) is 4.52 Å². The molecule has 0 aliphatic rings. The molecule has 2 heterocycles. The summed E-state index contributed by atoms with van der Waals surface area (Å²) >= 11 is 0. The molecular formula is C14H7F3N4O6. The lowest BCUT2D eigenvalue weighted by molar-refractivity contribution is -0.385. The van der Waals surface area contributed by atoms with Gasteiger partial charge >= 0.3 is 11.9 Å². The Morgan fingerprint density at radius 2 is 1.96 bits per heavy atom. The lowest BCUT2D eigenvalue weighted by Crippen LogP contribution is -2.17. The van der Waals surface area contributed by atoms with Gasteiger partial charge in [0.1, 0.15) is 5.56 Å². The summed E-state index contributed by atoms with van der Waals surface area (Å²) in [7, 11) is 0. The first-order valence-corrected chi connectivity index (χ1v) is 6.93. The molecule has 0 bridgehead atoms. The van der Waals surface area contributed by atoms with Crippen molar-refractivity contribution in [3.05, 3.63) is 50.4 Å². The number of nitro groups is 1. The molecular weight excluding hydrogens is 377 g/mol. The molecule has 1 aromatic carbocycles. The van der Waals surface area contributed by atoms with Crippen molar-refractivity contribution in [3.63, 3.8) is 0 Å². The first-order chi connectivity index (χ1) is 12.6. The third kappa shape index (κ3) is 3.17. The van der Waals surface area contributed by atoms with Gasteiger partial charge in [-0.2, -0.15) is 18.2 Å². The monoisotopic (exact) mass is 384 g/mol. The van der Waals surface area contributed by atoms with Crippen LogP contribution in [0.4, 0.5) is 18.9 Å². The summed E-state index contributed by atoms with van der Waals surface area (Å²) in [5, 5.41) is 33.3. The van der Waals surface area contributed by atoms with E-state index in [1.807, 2.05) is 0 Å². The van der Waals surface area contributed by atoms with E-state index in [1.54, 1.807) is 0 Å². The van der Waals surface area contributed by atoms with E-state index < -0.39 is 56.7 Å². The van der Waals surface area contributed by atoms with Gasteiger partial charge in [0.15, 0.2) is 5.75 Å². The summed E-state index contributed by atoms with van der Waals surface area (Å²) in [4.78, 5) is 27.4. The fourth-order valence-electron chi connectivity index (χ4n) is 2.24. The number of rotatable bonds is 3. The molecule has 0 fully saturated rings. The highest BCUT2D eigenvalue weighted by molar-refractivity contribution is 5.69. The van der Waals surface area contributed by atoms with Crippen LogP contribution in [-0.4, -0.2) is 30.3 Å². The second kappa shape index (κ2) is 6.12. The smallest absolute Gasteiger partial charge is 0.417 e. The molecule has 0 radical (unpaired) electrons. The molecule has 0 aliphatic carbocycles. The molecule has 0 spiro atoms. The molecule has 140 valence electrons. The number of nitrogens with one attached hydrogen (secondary N) is 1. The zero-order valence-electron chi connectivity index (χ0n) is 12.8. The van der Waals surface area contributed by atoms with Crippen molar-refractivity contribution in [1.29, 1.82) is 0 Å². The lowest BCUT2D eigenvalue weighted by Gasteiger charge is -2.08. The molecule has 0 unspecified atom stereocenters. The van der Waals surface area contributed by atoms with Crippen LogP contribution in [0.1, 0.15) is 5.56 Å². The first kappa shape index (κ1) is 17.9. The van der Waals surface area contributed by atoms with Crippen molar-refractivity contribution in [2.45, 2.75) is 6.18 Å². The number of alkyl halides is 3. The molecule has 3 rings (SSSR count). The molecule has 3 aromatic rings. The van der Waals surface area contributed by atoms with Gasteiger partial charge in [-0.3, -0.25) is 14.9 Å². The number of benzene rings is 1. The number of halogens is 3. The Balaban J connectivity index is 2.16. The minimum absolute atomic E-state index is 0.229. The summed E-state index contributed by atoms with van der Waals surface area (Å²) < 4.78 is 44.0. The van der Waals surface area contributed by atoms with E-state index in [0.717, 1.165) is 18.3 Å². The molecule has 0 saturated heterocycles. The third-order valence-electron chi connectivity index (χ3n) is 3.43. The zero-order valence-corrected chi connectivity index (χ0v) is 12.8. The number of hydrogen-bond donors (Lipinski definition) is 3. The second-order valence-corrected chi connectivity index (χ2v) is 5.14. The normalized spacial score (nSPS) is 11.5. The molecule has 0 saturated carbocycles. The van der Waals surface area contributed by atoms with Crippen molar-refractivity contribution in [2.75, 3.05) is 0 Å². The fraction of sp³-hybridized carbons (Fsp3) is 0.0714. The second-order valence-electron chi connectivity index (χ2n) is 5.14. The fourth-order valence-corrected chi connectivity index (χ4v) is 2.24. The van der Waals surface area contributed by atoms with Crippen molar-refractivity contribution in [3.8, 4) is 34.3 Å². The summed E-state index contributed by atoms with van der Waals surface area (Å²) in [6.45, 7) is 0. The minimum atomic E-state index is -4.88. The third-order valence-corrected chi connectivity index (χ3v) is 3.43. The van der Waals surface area contributed by atoms with Gasteiger partial charge in [0.25, 0.3) is 11.4 Å². The summed E-state index contributed by atoms with van der Waals surface area (Å²) in [5.41, 5.74) is -4.50. The standard InChI is InChI=1S/C14H7F3N4O6/c15-14(16,17)6-1-2-18-12(24)9(6)13-19-11(20-27-13)5-3-7(21(25)26)10(23)8(22)4-5/h1-4,22-23H,(H,18,24). The van der Waals surface area contributed by atoms with Gasteiger partial charge in [0.05, 0.1) is 10.5 Å². The highest BCUT2D eigenvalue weighted by atomic mass is 19.4. The lowest BCUT2D eigenvalue weighted by atomic mass is 10.1. The van der Waals surface area contributed by atoms with Crippen LogP contribution < -0.4 is 5.56 Å². The zero-order chi connectivity index (χ0) is 19.9. The van der Waals surface area contributed by atoms with Gasteiger partial charge in [-0.15, -0.1) is 0 Å². The average molecular weight is 384 g/mol. The quantitative estimate of drug-likeness (QED) is 0.353. The number of nitro benzene ring substituents is 1. The van der Waals surface area contributed by atoms with E-state index in [1.165, 1.54) is 0 Å². The van der Waals surface area contributed by atoms with Gasteiger partial charge < -0.3 is 19.7 Å². The van der Waals surface area contributed by atoms with Crippen LogP contribution in [0.3, 0.4) is 0 Å². The van der Waals surface area contributed by atoms with Gasteiger partial charge in [-0.25, -0.2) is 0 Å². The largest absolute Gasteiger partial charge is 0.504 e. The molecule has 0 amide bonds. The number of phenolic OH excluding ortho intramolecular Hbond substituents is 2. The Labute approximate surface area is 145 Å². The number of nitrogens with zero attached hydrogens (tertiary/aromatic N) is 3. The van der Waals surface area contributed by atoms with Crippen molar-refractivity contribution < 1.29 is 32.8 Å². The Kier molecular flexibility index (Phi) is 4.06. The Morgan fingerprint density at radius 1 is 1.26 bits per heavy atom. The number of phenols is 2. The van der Waals surface area contributed by atoms with E-state index in [-0.39, 0.29) is 5.56 Å². The predicted molar refractivity (Wildman–Crippen MR) is 80.8 cm³/mol. The Morgan fingerprint density at radius 3 is 2.59 bits per heavy atom. The number of aromatic nitrogens is 3. The first-order valence-electron chi connectivity index (χ1n) is 6.93. The van der Waals surface area contributed by atoms with E-state index in [9.17, 15) is 38.3 Å². The van der Waals surface area contributed by atoms with Crippen LogP contribution in [0, 0.1) is 10.1 Å². The Bertz CT molecular complexity index is 1100. The topological polar surface area (TPSA) is 155 Å². The van der Waals surface area contributed by atoms with Crippen LogP contribution in [0.5, 0.6) is 11.5 Å². The van der Waals surface area contributed by atoms with Gasteiger partial charge in [0.2, 0.25) is 11.6 Å². The number of hydrogen-bond acceptors (Lipinski definition) is 8. The van der Waals surface area contributed by atoms with Gasteiger partial charge in [-0.05, 0) is 12.1 Å². The van der Waals surface area contributed by atoms with Crippen molar-refractivity contribution >= 4 is 5.69 Å². The van der Waals surface area contributed by atoms with Crippen LogP contribution in [0.15, 0.2) is 33.7 Å². The summed E-state index contributed by atoms with van der Waals surface area (Å²) in [5.74, 6) is -3.11. The maximum Gasteiger partial charge on any atom is 0.417 e. The van der Waals surface area contributed by atoms with Crippen LogP contribution >= 0.6 is 0 Å². The summed E-state index contributed by atoms with van der Waals surface area (Å²) in [6, 6.07) is 2.23. The highest BCUT2D eigenvalue weighted by Crippen LogP contribution is 2.39. The van der Waals surface area contributed by atoms with Crippen molar-refractivity contribution in [2.24, 2.45) is 0 Å². The number of pyridine rings is 1. The highest BCUT2D eigenvalue weighted by Gasteiger charge is 2.37. The summed E-state index contributed by atoms with van der Waals surface area (Å²) in [6.07, 6.45) is -4.08. The maximum atomic E-state index is 13.1. The average Bonchev–Trinajstić information content (AvgIpc) is 3.05. The van der Waals surface area contributed by atoms with E-state index >= 15 is 0 Å². The number of aromatic hydroxyl groups is 2. The molecule has 0 aliphatic heterocycles. The number of H-pyrrole nitrogens is 1. The van der Waals surface area contributed by atoms with E-state index in [2.05, 4.69) is 15.1 Å². The van der Waals surface area contributed by atoms with Gasteiger partial charge in [-0.1, -0.05) is 5.16 Å². The molecule has 0 atom stereocenters. The maximum absolute atomic E-state index is 13.1. The van der Waals surface area contributed by atoms with Crippen LogP contribution in [0.2, 0.25) is 0 Å². The van der Waals surface area contributed by atoms with Crippen LogP contribution in [-0.2, 0) is 6.18 Å². The van der Waals surface area contributed by atoms with Gasteiger partial charge in [0, 0.05) is 17.8 Å². The molecule has 10 nitrogen and oxygen atoms in total.